The number of hydrogen-bond acceptors (Lipinski definition) is 1. The Labute approximate surface area is 125 Å². The lowest BCUT2D eigenvalue weighted by Crippen LogP contribution is -1.96. The van der Waals surface area contributed by atoms with Crippen molar-refractivity contribution in [3.05, 3.63) is 63.4 Å². The first-order valence-electron chi connectivity index (χ1n) is 5.76. The van der Waals surface area contributed by atoms with Gasteiger partial charge in [0.05, 0.1) is 12.5 Å². The molecule has 0 amide bonds. The third-order valence-corrected chi connectivity index (χ3v) is 3.85. The van der Waals surface area contributed by atoms with Gasteiger partial charge in [-0.05, 0) is 47.9 Å². The molecule has 0 saturated carbocycles. The smallest absolute Gasteiger partial charge is 0.124 e. The Morgan fingerprint density at radius 3 is 2.47 bits per heavy atom. The SMILES string of the molecule is COc1ccc(C(Cl)c2cc(F)cc(Br)c2)cc1C. The third kappa shape index (κ3) is 3.28. The Bertz CT molecular complexity index is 580. The van der Waals surface area contributed by atoms with Gasteiger partial charge in [-0.1, -0.05) is 28.1 Å². The summed E-state index contributed by atoms with van der Waals surface area (Å²) in [7, 11) is 1.63. The molecule has 1 unspecified atom stereocenters. The highest BCUT2D eigenvalue weighted by Crippen LogP contribution is 2.33. The number of aryl methyl sites for hydroxylation is 1. The summed E-state index contributed by atoms with van der Waals surface area (Å²) in [5, 5.41) is -0.392. The zero-order chi connectivity index (χ0) is 14.0. The minimum Gasteiger partial charge on any atom is -0.496 e. The summed E-state index contributed by atoms with van der Waals surface area (Å²) < 4.78 is 19.3. The molecule has 0 aliphatic heterocycles. The lowest BCUT2D eigenvalue weighted by Gasteiger charge is -2.13. The van der Waals surface area contributed by atoms with Crippen molar-refractivity contribution in [2.45, 2.75) is 12.3 Å². The maximum Gasteiger partial charge on any atom is 0.124 e. The van der Waals surface area contributed by atoms with E-state index in [1.165, 1.54) is 12.1 Å². The molecule has 19 heavy (non-hydrogen) atoms. The van der Waals surface area contributed by atoms with E-state index in [0.29, 0.717) is 4.47 Å². The molecule has 0 bridgehead atoms. The highest BCUT2D eigenvalue weighted by atomic mass is 79.9. The number of hydrogen-bond donors (Lipinski definition) is 0. The molecule has 0 aliphatic rings. The zero-order valence-electron chi connectivity index (χ0n) is 10.6. The van der Waals surface area contributed by atoms with Crippen LogP contribution < -0.4 is 4.74 Å². The summed E-state index contributed by atoms with van der Waals surface area (Å²) >= 11 is 9.69. The second-order valence-electron chi connectivity index (χ2n) is 4.29. The van der Waals surface area contributed by atoms with E-state index < -0.39 is 5.38 Å². The second kappa shape index (κ2) is 5.93. The standard InChI is InChI=1S/C15H13BrClFO/c1-9-5-10(3-4-14(9)19-2)15(17)11-6-12(16)8-13(18)7-11/h3-8,15H,1-2H3. The number of halogens is 3. The molecule has 100 valence electrons. The molecule has 2 aromatic rings. The van der Waals surface area contributed by atoms with Crippen LogP contribution in [0.1, 0.15) is 22.1 Å². The van der Waals surface area contributed by atoms with Crippen molar-refractivity contribution in [3.63, 3.8) is 0 Å². The molecule has 0 N–H and O–H groups in total. The van der Waals surface area contributed by atoms with Crippen molar-refractivity contribution in [1.29, 1.82) is 0 Å². The topological polar surface area (TPSA) is 9.23 Å². The van der Waals surface area contributed by atoms with Gasteiger partial charge >= 0.3 is 0 Å². The minimum absolute atomic E-state index is 0.305. The fraction of sp³-hybridized carbons (Fsp3) is 0.200. The van der Waals surface area contributed by atoms with E-state index in [4.69, 9.17) is 16.3 Å². The van der Waals surface area contributed by atoms with E-state index in [1.807, 2.05) is 31.2 Å². The predicted octanol–water partition coefficient (Wildman–Crippen LogP) is 5.23. The van der Waals surface area contributed by atoms with Crippen molar-refractivity contribution in [2.24, 2.45) is 0 Å². The van der Waals surface area contributed by atoms with E-state index >= 15 is 0 Å². The maximum atomic E-state index is 13.4. The summed E-state index contributed by atoms with van der Waals surface area (Å²) in [6.07, 6.45) is 0. The number of rotatable bonds is 3. The van der Waals surface area contributed by atoms with Crippen LogP contribution in [0.15, 0.2) is 40.9 Å². The Morgan fingerprint density at radius 2 is 1.89 bits per heavy atom. The van der Waals surface area contributed by atoms with Gasteiger partial charge in [0.25, 0.3) is 0 Å². The molecule has 0 heterocycles. The first kappa shape index (κ1) is 14.4. The molecule has 0 spiro atoms. The van der Waals surface area contributed by atoms with Crippen molar-refractivity contribution in [1.82, 2.24) is 0 Å². The Kier molecular flexibility index (Phi) is 4.48. The molecule has 0 saturated heterocycles. The van der Waals surface area contributed by atoms with Crippen LogP contribution in [-0.2, 0) is 0 Å². The van der Waals surface area contributed by atoms with Crippen LogP contribution >= 0.6 is 27.5 Å². The van der Waals surface area contributed by atoms with Crippen LogP contribution in [0.3, 0.4) is 0 Å². The molecule has 0 fully saturated rings. The second-order valence-corrected chi connectivity index (χ2v) is 5.65. The van der Waals surface area contributed by atoms with Gasteiger partial charge in [0.2, 0.25) is 0 Å². The molecule has 2 aromatic carbocycles. The van der Waals surface area contributed by atoms with Crippen LogP contribution in [0.4, 0.5) is 4.39 Å². The van der Waals surface area contributed by atoms with Crippen LogP contribution in [-0.4, -0.2) is 7.11 Å². The number of benzene rings is 2. The van der Waals surface area contributed by atoms with Gasteiger partial charge < -0.3 is 4.74 Å². The molecule has 0 radical (unpaired) electrons. The summed E-state index contributed by atoms with van der Waals surface area (Å²) in [5.74, 6) is 0.508. The molecule has 0 aromatic heterocycles. The summed E-state index contributed by atoms with van der Waals surface area (Å²) in [5.41, 5.74) is 2.64. The molecule has 0 aliphatic carbocycles. The van der Waals surface area contributed by atoms with Gasteiger partial charge in [-0.3, -0.25) is 0 Å². The molecule has 2 rings (SSSR count). The number of ether oxygens (including phenoxy) is 1. The number of methoxy groups -OCH3 is 1. The van der Waals surface area contributed by atoms with Crippen LogP contribution in [0, 0.1) is 12.7 Å². The van der Waals surface area contributed by atoms with Crippen LogP contribution in [0.25, 0.3) is 0 Å². The van der Waals surface area contributed by atoms with Crippen molar-refractivity contribution < 1.29 is 9.13 Å². The molecule has 1 nitrogen and oxygen atoms in total. The van der Waals surface area contributed by atoms with Crippen LogP contribution in [0.5, 0.6) is 5.75 Å². The monoisotopic (exact) mass is 342 g/mol. The minimum atomic E-state index is -0.392. The first-order valence-corrected chi connectivity index (χ1v) is 6.99. The Hall–Kier alpha value is -1.06. The number of alkyl halides is 1. The van der Waals surface area contributed by atoms with Gasteiger partial charge in [0, 0.05) is 4.47 Å². The molecular weight excluding hydrogens is 331 g/mol. The van der Waals surface area contributed by atoms with Gasteiger partial charge in [-0.25, -0.2) is 4.39 Å². The van der Waals surface area contributed by atoms with Gasteiger partial charge in [-0.2, -0.15) is 0 Å². The maximum absolute atomic E-state index is 13.4. The van der Waals surface area contributed by atoms with Crippen LogP contribution in [0.2, 0.25) is 0 Å². The predicted molar refractivity (Wildman–Crippen MR) is 79.5 cm³/mol. The van der Waals surface area contributed by atoms with E-state index in [1.54, 1.807) is 7.11 Å². The first-order chi connectivity index (χ1) is 9.01. The average Bonchev–Trinajstić information content (AvgIpc) is 2.36. The fourth-order valence-electron chi connectivity index (χ4n) is 1.97. The Balaban J connectivity index is 2.38. The molecule has 1 atom stereocenters. The zero-order valence-corrected chi connectivity index (χ0v) is 12.9. The quantitative estimate of drug-likeness (QED) is 0.693. The fourth-order valence-corrected chi connectivity index (χ4v) is 2.72. The van der Waals surface area contributed by atoms with Gasteiger partial charge in [0.1, 0.15) is 11.6 Å². The van der Waals surface area contributed by atoms with E-state index in [2.05, 4.69) is 15.9 Å². The van der Waals surface area contributed by atoms with Gasteiger partial charge in [-0.15, -0.1) is 11.6 Å². The Morgan fingerprint density at radius 1 is 1.16 bits per heavy atom. The average molecular weight is 344 g/mol. The van der Waals surface area contributed by atoms with Gasteiger partial charge in [0.15, 0.2) is 0 Å². The largest absolute Gasteiger partial charge is 0.496 e. The van der Waals surface area contributed by atoms with E-state index in [-0.39, 0.29) is 5.82 Å². The lowest BCUT2D eigenvalue weighted by molar-refractivity contribution is 0.411. The summed E-state index contributed by atoms with van der Waals surface area (Å²) in [6, 6.07) is 10.4. The summed E-state index contributed by atoms with van der Waals surface area (Å²) in [4.78, 5) is 0. The highest BCUT2D eigenvalue weighted by molar-refractivity contribution is 9.10. The highest BCUT2D eigenvalue weighted by Gasteiger charge is 2.14. The van der Waals surface area contributed by atoms with Crippen molar-refractivity contribution in [3.8, 4) is 5.75 Å². The van der Waals surface area contributed by atoms with E-state index in [0.717, 1.165) is 22.4 Å². The normalized spacial score (nSPS) is 12.3. The van der Waals surface area contributed by atoms with Crippen molar-refractivity contribution >= 4 is 27.5 Å². The molecule has 4 heteroatoms. The summed E-state index contributed by atoms with van der Waals surface area (Å²) in [6.45, 7) is 1.95. The third-order valence-electron chi connectivity index (χ3n) is 2.89. The lowest BCUT2D eigenvalue weighted by atomic mass is 10.0. The molecular formula is C15H13BrClFO. The van der Waals surface area contributed by atoms with E-state index in [9.17, 15) is 4.39 Å². The van der Waals surface area contributed by atoms with Crippen molar-refractivity contribution in [2.75, 3.05) is 7.11 Å².